The van der Waals surface area contributed by atoms with Gasteiger partial charge in [-0.3, -0.25) is 9.59 Å². The number of alkyl carbamates (subject to hydrolysis) is 2. The highest BCUT2D eigenvalue weighted by atomic mass is 28.4. The molecule has 19 heteroatoms. The number of hydrogen-bond donors (Lipinski definition) is 2. The number of fused-ring (bicyclic) bond motifs is 2. The molecule has 6 aliphatic rings. The van der Waals surface area contributed by atoms with Crippen LogP contribution in [0.1, 0.15) is 123 Å². The van der Waals surface area contributed by atoms with Gasteiger partial charge in [0.05, 0.1) is 43.0 Å². The van der Waals surface area contributed by atoms with Crippen LogP contribution in [-0.2, 0) is 79.3 Å². The van der Waals surface area contributed by atoms with E-state index < -0.39 is 117 Å². The summed E-state index contributed by atoms with van der Waals surface area (Å²) in [5.74, 6) is -1.49. The van der Waals surface area contributed by atoms with Crippen LogP contribution in [0.15, 0.2) is 152 Å². The van der Waals surface area contributed by atoms with E-state index in [2.05, 4.69) is 76.4 Å². The largest absolute Gasteiger partial charge is 0.459 e. The quantitative estimate of drug-likeness (QED) is 0.0423. The van der Waals surface area contributed by atoms with E-state index >= 15 is 0 Å². The van der Waals surface area contributed by atoms with Crippen LogP contribution in [0.5, 0.6) is 0 Å². The molecule has 5 aromatic carbocycles. The van der Waals surface area contributed by atoms with Crippen molar-refractivity contribution in [2.75, 3.05) is 0 Å². The number of carbonyl (C=O) groups is 4. The first-order chi connectivity index (χ1) is 43.5. The molecule has 5 aliphatic heterocycles. The van der Waals surface area contributed by atoms with Gasteiger partial charge in [-0.15, -0.1) is 0 Å². The van der Waals surface area contributed by atoms with Crippen molar-refractivity contribution in [3.8, 4) is 0 Å². The van der Waals surface area contributed by atoms with Gasteiger partial charge < -0.3 is 67.2 Å². The second-order valence-electron chi connectivity index (χ2n) is 26.0. The van der Waals surface area contributed by atoms with E-state index in [9.17, 15) is 19.2 Å². The van der Waals surface area contributed by atoms with Gasteiger partial charge in [0.1, 0.15) is 49.8 Å². The fourth-order valence-electron chi connectivity index (χ4n) is 14.4. The Balaban J connectivity index is 0.984. The zero-order valence-electron chi connectivity index (χ0n) is 52.8. The minimum absolute atomic E-state index is 0.0460. The second kappa shape index (κ2) is 29.0. The zero-order valence-corrected chi connectivity index (χ0v) is 53.8. The molecule has 2 amide bonds. The third-order valence-electron chi connectivity index (χ3n) is 18.8. The molecular weight excluding hydrogens is 1160 g/mol. The maximum absolute atomic E-state index is 14.4. The van der Waals surface area contributed by atoms with Crippen LogP contribution in [0.3, 0.4) is 0 Å². The molecular formula is C71H88N2O16Si. The molecule has 2 N–H and O–H groups in total. The number of amides is 2. The van der Waals surface area contributed by atoms with Gasteiger partial charge in [0.2, 0.25) is 0 Å². The highest BCUT2D eigenvalue weighted by molar-refractivity contribution is 6.99. The summed E-state index contributed by atoms with van der Waals surface area (Å²) in [6, 6.07) is 47.3. The number of ether oxygens (including phenoxy) is 11. The van der Waals surface area contributed by atoms with Gasteiger partial charge in [0.25, 0.3) is 8.32 Å². The summed E-state index contributed by atoms with van der Waals surface area (Å²) in [5.41, 5.74) is 2.56. The molecule has 0 aromatic heterocycles. The molecule has 1 saturated carbocycles. The minimum Gasteiger partial charge on any atom is -0.459 e. The van der Waals surface area contributed by atoms with Crippen LogP contribution < -0.4 is 21.0 Å². The molecule has 5 heterocycles. The number of esters is 2. The summed E-state index contributed by atoms with van der Waals surface area (Å²) in [5, 5.41) is 7.54. The predicted octanol–water partition coefficient (Wildman–Crippen LogP) is 10.5. The van der Waals surface area contributed by atoms with Crippen LogP contribution >= 0.6 is 0 Å². The van der Waals surface area contributed by atoms with Crippen molar-refractivity contribution in [2.45, 2.75) is 217 Å². The van der Waals surface area contributed by atoms with Gasteiger partial charge in [0, 0.05) is 12.8 Å². The monoisotopic (exact) mass is 1250 g/mol. The zero-order chi connectivity index (χ0) is 63.1. The molecule has 90 heavy (non-hydrogen) atoms. The molecule has 1 unspecified atom stereocenters. The first-order valence-corrected chi connectivity index (χ1v) is 34.1. The SMILES string of the molecule is CC[C@@H]1C[C@@H](C)[C@@H](NC(=O)OCc2ccccc2)[C@@H](O[C@H]2[C@H](O[C@@H]3O[C@H](CC)[C@@H](O[C@H]4O[C@H]5CCC(c6ccccc6)O[C@H]5[C@H](OC(C)=O)[C@H]4NC(=O)OCc4ccccc4)[C@H]3O[Si](c3ccccc3)(c3ccccc3)C(C)(C)C)[C@H]3OC(=O)C[C@@H]3C[C@@H]2C)O1. The number of rotatable bonds is 20. The van der Waals surface area contributed by atoms with Crippen LogP contribution in [0.25, 0.3) is 0 Å². The van der Waals surface area contributed by atoms with Crippen LogP contribution in [0.2, 0.25) is 5.04 Å². The Bertz CT molecular complexity index is 3110. The van der Waals surface area contributed by atoms with Crippen LogP contribution in [0.4, 0.5) is 9.59 Å². The van der Waals surface area contributed by atoms with Gasteiger partial charge in [-0.1, -0.05) is 200 Å². The summed E-state index contributed by atoms with van der Waals surface area (Å²) < 4.78 is 83.0. The van der Waals surface area contributed by atoms with Gasteiger partial charge in [0.15, 0.2) is 25.0 Å². The Labute approximate surface area is 529 Å². The Morgan fingerprint density at radius 2 is 1.11 bits per heavy atom. The first kappa shape index (κ1) is 65.0. The van der Waals surface area contributed by atoms with Gasteiger partial charge in [-0.25, -0.2) is 9.59 Å². The summed E-state index contributed by atoms with van der Waals surface area (Å²) in [6.45, 7) is 16.1. The molecule has 18 nitrogen and oxygen atoms in total. The van der Waals surface area contributed by atoms with Crippen LogP contribution in [-0.4, -0.2) is 124 Å². The number of benzene rings is 5. The van der Waals surface area contributed by atoms with E-state index in [-0.39, 0.29) is 55.6 Å². The van der Waals surface area contributed by atoms with E-state index in [0.29, 0.717) is 38.5 Å². The normalized spacial score (nSPS) is 32.5. The van der Waals surface area contributed by atoms with E-state index in [1.54, 1.807) is 0 Å². The molecule has 0 spiro atoms. The van der Waals surface area contributed by atoms with Crippen molar-refractivity contribution in [2.24, 2.45) is 17.8 Å². The lowest BCUT2D eigenvalue weighted by Crippen LogP contribution is -2.70. The van der Waals surface area contributed by atoms with Crippen molar-refractivity contribution in [3.63, 3.8) is 0 Å². The second-order valence-corrected chi connectivity index (χ2v) is 30.3. The Hall–Kier alpha value is -6.52. The molecule has 482 valence electrons. The van der Waals surface area contributed by atoms with E-state index in [1.165, 1.54) is 6.92 Å². The standard InChI is InChI=1S/C71H88N2O16Si/c1-9-50-39-43(3)57(72-69(76)78-41-46-26-16-11-17-27-46)66(81-50)86-59-44(4)38-49-40-56(75)85-60(49)64(59)88-68-65(89-90(71(6,7)8,51-32-22-14-23-33-51)52-34-24-15-25-35-52)61(53(10-2)83-68)87-67-58(73-70(77)79-42-47-28-18-12-19-29-47)63(80-45(5)74)62-55(84-67)37-36-54(82-62)48-30-20-13-21-31-48/h11-35,43-44,49-50,53-55,57-68H,9-10,36-42H2,1-8H3,(H,72,76)(H,73,77)/t43-,44+,49+,50-,53-,54?,55+,57-,58-,59-,60+,61-,62-,63-,64+,65-,66-,67-,68+/m1/s1. The van der Waals surface area contributed by atoms with Crippen molar-refractivity contribution >= 4 is 42.8 Å². The third-order valence-corrected chi connectivity index (χ3v) is 23.8. The fraction of sp³-hybridized carbons (Fsp3) is 0.521. The highest BCUT2D eigenvalue weighted by Crippen LogP contribution is 2.48. The maximum atomic E-state index is 14.4. The average Bonchev–Trinajstić information content (AvgIpc) is 1.29. The molecule has 0 bridgehead atoms. The predicted molar refractivity (Wildman–Crippen MR) is 335 cm³/mol. The van der Waals surface area contributed by atoms with Gasteiger partial charge in [-0.05, 0) is 82.5 Å². The fourth-order valence-corrected chi connectivity index (χ4v) is 19.1. The molecule has 1 aliphatic carbocycles. The average molecular weight is 1250 g/mol. The van der Waals surface area contributed by atoms with E-state index in [0.717, 1.165) is 27.1 Å². The highest BCUT2D eigenvalue weighted by Gasteiger charge is 2.62. The smallest absolute Gasteiger partial charge is 0.407 e. The summed E-state index contributed by atoms with van der Waals surface area (Å²) >= 11 is 0. The summed E-state index contributed by atoms with van der Waals surface area (Å²) in [7, 11) is -3.59. The van der Waals surface area contributed by atoms with Gasteiger partial charge in [-0.2, -0.15) is 0 Å². The maximum Gasteiger partial charge on any atom is 0.407 e. The third kappa shape index (κ3) is 14.5. The van der Waals surface area contributed by atoms with E-state index in [1.807, 2.05) is 134 Å². The van der Waals surface area contributed by atoms with Crippen molar-refractivity contribution in [3.05, 3.63) is 168 Å². The van der Waals surface area contributed by atoms with Crippen molar-refractivity contribution < 1.29 is 75.7 Å². The first-order valence-electron chi connectivity index (χ1n) is 32.2. The molecule has 6 fully saturated rings. The topological polar surface area (TPSA) is 203 Å². The number of nitrogens with one attached hydrogen (secondary N) is 2. The lowest BCUT2D eigenvalue weighted by molar-refractivity contribution is -0.310. The molecule has 19 atom stereocenters. The van der Waals surface area contributed by atoms with E-state index in [4.69, 9.17) is 56.5 Å². The Morgan fingerprint density at radius 1 is 0.567 bits per heavy atom. The minimum atomic E-state index is -3.59. The number of carbonyl (C=O) groups excluding carboxylic acids is 4. The molecule has 5 aromatic rings. The molecule has 0 radical (unpaired) electrons. The molecule has 11 rings (SSSR count). The van der Waals surface area contributed by atoms with Gasteiger partial charge >= 0.3 is 24.1 Å². The molecule has 5 saturated heterocycles. The lowest BCUT2D eigenvalue weighted by Gasteiger charge is -2.50. The summed E-state index contributed by atoms with van der Waals surface area (Å²) in [6.07, 6.45) is -9.90. The van der Waals surface area contributed by atoms with Crippen LogP contribution in [0, 0.1) is 17.8 Å². The van der Waals surface area contributed by atoms with Crippen molar-refractivity contribution in [1.29, 1.82) is 0 Å². The lowest BCUT2D eigenvalue weighted by atomic mass is 9.76. The Morgan fingerprint density at radius 3 is 1.68 bits per heavy atom. The Kier molecular flexibility index (Phi) is 20.9. The summed E-state index contributed by atoms with van der Waals surface area (Å²) in [4.78, 5) is 55.2. The van der Waals surface area contributed by atoms with Crippen molar-refractivity contribution in [1.82, 2.24) is 10.6 Å². The number of hydrogen-bond acceptors (Lipinski definition) is 16.